The van der Waals surface area contributed by atoms with Crippen LogP contribution in [0.15, 0.2) is 0 Å². The van der Waals surface area contributed by atoms with Gasteiger partial charge in [-0.3, -0.25) is 14.4 Å². The number of hydrogen-bond donors (Lipinski definition) is 0. The van der Waals surface area contributed by atoms with Crippen molar-refractivity contribution in [2.24, 2.45) is 5.92 Å². The first-order valence-corrected chi connectivity index (χ1v) is 22.4. The van der Waals surface area contributed by atoms with Gasteiger partial charge in [-0.15, -0.1) is 0 Å². The highest BCUT2D eigenvalue weighted by atomic mass is 16.6. The van der Waals surface area contributed by atoms with Crippen LogP contribution in [0.2, 0.25) is 0 Å². The Morgan fingerprint density at radius 1 is 0.392 bits per heavy atom. The van der Waals surface area contributed by atoms with E-state index in [1.54, 1.807) is 0 Å². The average Bonchev–Trinajstić information content (AvgIpc) is 3.13. The van der Waals surface area contributed by atoms with Crippen molar-refractivity contribution in [3.05, 3.63) is 0 Å². The first-order chi connectivity index (χ1) is 24.9. The Labute approximate surface area is 317 Å². The summed E-state index contributed by atoms with van der Waals surface area (Å²) in [6, 6.07) is 0. The predicted molar refractivity (Wildman–Crippen MR) is 215 cm³/mol. The molecule has 0 aromatic carbocycles. The molecule has 302 valence electrons. The maximum Gasteiger partial charge on any atom is 0.306 e. The van der Waals surface area contributed by atoms with Crippen molar-refractivity contribution >= 4 is 17.9 Å². The molecule has 0 aromatic heterocycles. The van der Waals surface area contributed by atoms with E-state index >= 15 is 0 Å². The molecule has 0 saturated heterocycles. The van der Waals surface area contributed by atoms with E-state index in [-0.39, 0.29) is 31.1 Å². The molecule has 0 saturated carbocycles. The summed E-state index contributed by atoms with van der Waals surface area (Å²) in [6.45, 7) is 8.93. The van der Waals surface area contributed by atoms with Crippen molar-refractivity contribution in [2.45, 2.75) is 252 Å². The lowest BCUT2D eigenvalue weighted by Gasteiger charge is -2.18. The Balaban J connectivity index is 4.26. The Morgan fingerprint density at radius 2 is 0.686 bits per heavy atom. The Morgan fingerprint density at radius 3 is 1.02 bits per heavy atom. The second-order valence-corrected chi connectivity index (χ2v) is 15.6. The van der Waals surface area contributed by atoms with Gasteiger partial charge >= 0.3 is 17.9 Å². The van der Waals surface area contributed by atoms with Crippen LogP contribution < -0.4 is 0 Å². The van der Waals surface area contributed by atoms with E-state index in [1.165, 1.54) is 141 Å². The molecule has 0 aliphatic heterocycles. The average molecular weight is 723 g/mol. The summed E-state index contributed by atoms with van der Waals surface area (Å²) < 4.78 is 16.6. The van der Waals surface area contributed by atoms with Gasteiger partial charge in [0, 0.05) is 19.3 Å². The molecule has 0 fully saturated rings. The highest BCUT2D eigenvalue weighted by molar-refractivity contribution is 5.71. The molecule has 0 aliphatic rings. The standard InChI is InChI=1S/C45H86O6/c1-5-8-10-12-14-15-16-17-18-19-20-21-22-24-30-34-38-45(48)51-42(39-49-43(46)36-32-28-23-13-11-9-6-2)40-50-44(47)37-33-29-26-25-27-31-35-41(4)7-3/h41-42H,5-40H2,1-4H3/t41?,42-/m0/s1. The summed E-state index contributed by atoms with van der Waals surface area (Å²) in [4.78, 5) is 37.5. The number of ether oxygens (including phenoxy) is 3. The molecule has 0 spiro atoms. The van der Waals surface area contributed by atoms with Crippen LogP contribution in [0.25, 0.3) is 0 Å². The van der Waals surface area contributed by atoms with Crippen LogP contribution in [-0.2, 0) is 28.6 Å². The molecule has 0 aromatic rings. The SMILES string of the molecule is CCCCCCCCCCCCCCCCCCC(=O)O[C@@H](COC(=O)CCCCCCCCC)COC(=O)CCCCCCCCC(C)CC. The van der Waals surface area contributed by atoms with Crippen molar-refractivity contribution in [2.75, 3.05) is 13.2 Å². The Bertz CT molecular complexity index is 768. The van der Waals surface area contributed by atoms with Crippen LogP contribution in [-0.4, -0.2) is 37.2 Å². The number of hydrogen-bond acceptors (Lipinski definition) is 6. The van der Waals surface area contributed by atoms with Crippen molar-refractivity contribution in [3.8, 4) is 0 Å². The van der Waals surface area contributed by atoms with Gasteiger partial charge in [-0.05, 0) is 25.2 Å². The summed E-state index contributed by atoms with van der Waals surface area (Å²) in [5.74, 6) is -0.0499. The molecule has 6 nitrogen and oxygen atoms in total. The molecule has 0 heterocycles. The zero-order valence-electron chi connectivity index (χ0n) is 34.6. The molecule has 2 atom stereocenters. The molecule has 6 heteroatoms. The smallest absolute Gasteiger partial charge is 0.306 e. The van der Waals surface area contributed by atoms with Crippen molar-refractivity contribution in [1.82, 2.24) is 0 Å². The molecule has 51 heavy (non-hydrogen) atoms. The van der Waals surface area contributed by atoms with Crippen LogP contribution >= 0.6 is 0 Å². The van der Waals surface area contributed by atoms with Gasteiger partial charge in [0.1, 0.15) is 13.2 Å². The highest BCUT2D eigenvalue weighted by Gasteiger charge is 2.19. The summed E-state index contributed by atoms with van der Waals surface area (Å²) in [5, 5.41) is 0. The maximum atomic E-state index is 12.7. The summed E-state index contributed by atoms with van der Waals surface area (Å²) >= 11 is 0. The first kappa shape index (κ1) is 49.4. The van der Waals surface area contributed by atoms with Crippen LogP contribution in [0.5, 0.6) is 0 Å². The topological polar surface area (TPSA) is 78.9 Å². The number of esters is 3. The summed E-state index contributed by atoms with van der Waals surface area (Å²) in [6.07, 6.45) is 38.1. The minimum atomic E-state index is -0.758. The normalized spacial score (nSPS) is 12.5. The number of carbonyl (C=O) groups excluding carboxylic acids is 3. The van der Waals surface area contributed by atoms with E-state index in [1.807, 2.05) is 0 Å². The van der Waals surface area contributed by atoms with Crippen LogP contribution in [0.4, 0.5) is 0 Å². The zero-order chi connectivity index (χ0) is 37.5. The van der Waals surface area contributed by atoms with Gasteiger partial charge in [-0.1, -0.05) is 207 Å². The molecule has 0 N–H and O–H groups in total. The largest absolute Gasteiger partial charge is 0.462 e. The van der Waals surface area contributed by atoms with Crippen molar-refractivity contribution in [3.63, 3.8) is 0 Å². The molecule has 0 rings (SSSR count). The molecule has 1 unspecified atom stereocenters. The monoisotopic (exact) mass is 723 g/mol. The van der Waals surface area contributed by atoms with Gasteiger partial charge < -0.3 is 14.2 Å². The van der Waals surface area contributed by atoms with E-state index in [9.17, 15) is 14.4 Å². The van der Waals surface area contributed by atoms with E-state index in [0.29, 0.717) is 19.3 Å². The Kier molecular flexibility index (Phi) is 38.4. The summed E-state index contributed by atoms with van der Waals surface area (Å²) in [5.41, 5.74) is 0. The fourth-order valence-electron chi connectivity index (χ4n) is 6.59. The molecular formula is C45H86O6. The van der Waals surface area contributed by atoms with Gasteiger partial charge in [0.25, 0.3) is 0 Å². The second kappa shape index (κ2) is 39.6. The highest BCUT2D eigenvalue weighted by Crippen LogP contribution is 2.16. The van der Waals surface area contributed by atoms with E-state index in [2.05, 4.69) is 27.7 Å². The van der Waals surface area contributed by atoms with Gasteiger partial charge in [0.05, 0.1) is 0 Å². The van der Waals surface area contributed by atoms with Crippen molar-refractivity contribution in [1.29, 1.82) is 0 Å². The van der Waals surface area contributed by atoms with Crippen LogP contribution in [0.3, 0.4) is 0 Å². The lowest BCUT2D eigenvalue weighted by molar-refractivity contribution is -0.167. The van der Waals surface area contributed by atoms with Gasteiger partial charge in [0.2, 0.25) is 0 Å². The number of carbonyl (C=O) groups is 3. The minimum absolute atomic E-state index is 0.0655. The van der Waals surface area contributed by atoms with E-state index < -0.39 is 6.10 Å². The zero-order valence-corrected chi connectivity index (χ0v) is 34.6. The first-order valence-electron chi connectivity index (χ1n) is 22.4. The number of unbranched alkanes of at least 4 members (excludes halogenated alkanes) is 26. The maximum absolute atomic E-state index is 12.7. The third-order valence-electron chi connectivity index (χ3n) is 10.4. The van der Waals surface area contributed by atoms with Crippen molar-refractivity contribution < 1.29 is 28.6 Å². The van der Waals surface area contributed by atoms with Gasteiger partial charge in [0.15, 0.2) is 6.10 Å². The predicted octanol–water partition coefficient (Wildman–Crippen LogP) is 13.9. The lowest BCUT2D eigenvalue weighted by Crippen LogP contribution is -2.30. The molecule has 0 bridgehead atoms. The summed E-state index contributed by atoms with van der Waals surface area (Å²) in [7, 11) is 0. The lowest BCUT2D eigenvalue weighted by atomic mass is 10.00. The van der Waals surface area contributed by atoms with E-state index in [0.717, 1.165) is 63.7 Å². The van der Waals surface area contributed by atoms with Crippen LogP contribution in [0.1, 0.15) is 246 Å². The third kappa shape index (κ3) is 38.0. The van der Waals surface area contributed by atoms with Gasteiger partial charge in [-0.2, -0.15) is 0 Å². The molecule has 0 amide bonds. The number of rotatable bonds is 40. The van der Waals surface area contributed by atoms with Gasteiger partial charge in [-0.25, -0.2) is 0 Å². The fourth-order valence-corrected chi connectivity index (χ4v) is 6.59. The molecular weight excluding hydrogens is 636 g/mol. The fraction of sp³-hybridized carbons (Fsp3) is 0.933. The minimum Gasteiger partial charge on any atom is -0.462 e. The Hall–Kier alpha value is -1.59. The second-order valence-electron chi connectivity index (χ2n) is 15.6. The third-order valence-corrected chi connectivity index (χ3v) is 10.4. The van der Waals surface area contributed by atoms with E-state index in [4.69, 9.17) is 14.2 Å². The molecule has 0 aliphatic carbocycles. The quantitative estimate of drug-likeness (QED) is 0.0356. The molecule has 0 radical (unpaired) electrons. The van der Waals surface area contributed by atoms with Crippen LogP contribution in [0, 0.1) is 5.92 Å².